The number of nitrogens with zero attached hydrogens (tertiary/aromatic N) is 11. The van der Waals surface area contributed by atoms with E-state index in [4.69, 9.17) is 19.9 Å². The van der Waals surface area contributed by atoms with Gasteiger partial charge in [-0.05, 0) is 91.4 Å². The van der Waals surface area contributed by atoms with Crippen molar-refractivity contribution in [2.75, 3.05) is 43.7 Å². The fourth-order valence-corrected chi connectivity index (χ4v) is 15.7. The molecule has 0 saturated carbocycles. The molecule has 0 bridgehead atoms. The Morgan fingerprint density at radius 1 is 0.395 bits per heavy atom. The summed E-state index contributed by atoms with van der Waals surface area (Å²) in [5, 5.41) is 89.0. The minimum absolute atomic E-state index is 0.00531. The Balaban J connectivity index is 1.16. The van der Waals surface area contributed by atoms with Gasteiger partial charge in [-0.2, -0.15) is 80.9 Å². The molecule has 0 aliphatic carbocycles. The second kappa shape index (κ2) is 32.4. The summed E-state index contributed by atoms with van der Waals surface area (Å²) in [6, 6.07) is 10.5. The van der Waals surface area contributed by atoms with Crippen molar-refractivity contribution >= 4 is 192 Å². The SMILES string of the molecule is Cc1cc(/N=N\c2c(S(=O)(=O)O)cc3c(S(=O)(=O)O)c(N=Nc4cc(S(=O)(=O)O)c5cc(S(=O)(=O)O)c(/N=N\c6ccc([N+](=O)[O-])cc6S(=O)(=O)O)c(O)c5c4N)ccc3c2O)c(OCCCS(=O)(=O)O)cc1/N=N\c1cc(OCCO)c(/N=N\c2cc(S(=O)(=O)O)cc3cc(S(=O)(=O)O)cc(O)c23)cc1OCCCS(=O)(=O)O. The standard InChI is InChI=1S/C57H50N12O36S9/c1-26-14-37(43(103-9-2-12-106(76,77)78)22-36(26)61-62-38-24-45(105-11-8-70)39(23-44(38)104-10-3-13-107(79,80)81)63-65-40-18-29(108(82,83)84)15-27-16-30(109(85,86)87)19-42(71)50(27)40)64-67-53-48(112(94,95)96)20-32-31(55(53)72)5-7-35(57(32)114(100,101)102)60-66-41-25-46(110(88,89)90)33-21-49(113(97,98)99)54(56(73)51(33)52(41)58)68-59-34-6-4-28(69(74)75)17-47(34)111(91,92)93/h4-7,14-25,70-73H,2-3,8-13,58H2,1H3,(H,76,77,78)(H,79,80,81)(H,82,83,84)(H,85,86,87)(H,88,89,90)(H,91,92,93)(H,94,95,96)(H,97,98,99)(H,100,101,102)/b62-61-,65-63-,66-60?,67-64-,68-59-. The van der Waals surface area contributed by atoms with Gasteiger partial charge in [0.1, 0.15) is 99.6 Å². The fourth-order valence-electron chi connectivity index (χ4n) is 10.2. The maximum atomic E-state index is 13.4. The number of aryl methyl sites for hydroxylation is 1. The van der Waals surface area contributed by atoms with Crippen molar-refractivity contribution in [2.24, 2.45) is 51.1 Å². The van der Waals surface area contributed by atoms with E-state index in [1.807, 2.05) is 0 Å². The molecule has 114 heavy (non-hydrogen) atoms. The molecule has 48 nitrogen and oxygen atoms in total. The maximum Gasteiger partial charge on any atom is 0.297 e. The molecule has 0 spiro atoms. The Morgan fingerprint density at radius 3 is 1.32 bits per heavy atom. The van der Waals surface area contributed by atoms with E-state index >= 15 is 0 Å². The molecule has 0 saturated heterocycles. The van der Waals surface area contributed by atoms with Crippen molar-refractivity contribution in [3.05, 3.63) is 113 Å². The number of azo groups is 5. The highest BCUT2D eigenvalue weighted by atomic mass is 32.3. The number of benzene rings is 9. The Bertz CT molecular complexity index is 6850. The summed E-state index contributed by atoms with van der Waals surface area (Å²) in [6.45, 7) is -1.07. The molecule has 0 heterocycles. The van der Waals surface area contributed by atoms with Crippen molar-refractivity contribution in [1.29, 1.82) is 0 Å². The van der Waals surface area contributed by atoms with Crippen molar-refractivity contribution in [3.63, 3.8) is 0 Å². The molecule has 0 radical (unpaired) electrons. The van der Waals surface area contributed by atoms with Crippen LogP contribution in [-0.2, 0) is 91.1 Å². The minimum Gasteiger partial charge on any atom is -0.507 e. The zero-order valence-electron chi connectivity index (χ0n) is 56.3. The van der Waals surface area contributed by atoms with Gasteiger partial charge in [0.2, 0.25) is 0 Å². The van der Waals surface area contributed by atoms with Gasteiger partial charge in [0, 0.05) is 52.6 Å². The molecule has 0 aliphatic rings. The average molecular weight is 1770 g/mol. The van der Waals surface area contributed by atoms with Gasteiger partial charge in [0.05, 0.1) is 73.9 Å². The Labute approximate surface area is 639 Å². The lowest BCUT2D eigenvalue weighted by atomic mass is 10.0. The van der Waals surface area contributed by atoms with E-state index < -0.39 is 299 Å². The average Bonchev–Trinajstić information content (AvgIpc) is 0.741. The number of aromatic hydroxyl groups is 3. The fraction of sp³-hybridized carbons (Fsp3) is 0.158. The first-order chi connectivity index (χ1) is 52.5. The van der Waals surface area contributed by atoms with Crippen molar-refractivity contribution in [3.8, 4) is 34.5 Å². The van der Waals surface area contributed by atoms with Crippen LogP contribution in [0.15, 0.2) is 182 Å². The highest BCUT2D eigenvalue weighted by Gasteiger charge is 2.33. The van der Waals surface area contributed by atoms with E-state index in [9.17, 15) is 147 Å². The Hall–Kier alpha value is -11.1. The topological polar surface area (TPSA) is 791 Å². The first-order valence-electron chi connectivity index (χ1n) is 30.2. The minimum atomic E-state index is -5.86. The number of fused-ring (bicyclic) bond motifs is 3. The molecule has 0 atom stereocenters. The normalized spacial score (nSPS) is 13.3. The molecule has 0 amide bonds. The lowest BCUT2D eigenvalue weighted by Gasteiger charge is -2.15. The first kappa shape index (κ1) is 86.9. The summed E-state index contributed by atoms with van der Waals surface area (Å²) in [7, 11) is -48.0. The van der Waals surface area contributed by atoms with Crippen molar-refractivity contribution in [1.82, 2.24) is 0 Å². The Morgan fingerprint density at radius 2 is 0.825 bits per heavy atom. The molecule has 15 N–H and O–H groups in total. The number of nitrogens with two attached hydrogens (primary N) is 1. The molecule has 9 rings (SSSR count). The monoisotopic (exact) mass is 1770 g/mol. The zero-order valence-corrected chi connectivity index (χ0v) is 63.6. The number of rotatable bonds is 31. The maximum absolute atomic E-state index is 13.4. The third kappa shape index (κ3) is 20.5. The molecule has 0 aliphatic heterocycles. The van der Waals surface area contributed by atoms with Crippen LogP contribution in [0.5, 0.6) is 34.5 Å². The third-order valence-electron chi connectivity index (χ3n) is 15.1. The summed E-state index contributed by atoms with van der Waals surface area (Å²) >= 11 is 0. The van der Waals surface area contributed by atoms with Crippen LogP contribution in [-0.4, -0.2) is 180 Å². The summed E-state index contributed by atoms with van der Waals surface area (Å²) in [5.41, 5.74) is -3.62. The van der Waals surface area contributed by atoms with Gasteiger partial charge in [-0.3, -0.25) is 51.1 Å². The second-order valence-corrected chi connectivity index (χ2v) is 35.9. The lowest BCUT2D eigenvalue weighted by Crippen LogP contribution is -2.08. The number of nitrogen functional groups attached to an aromatic ring is 1. The number of aliphatic hydroxyl groups is 1. The van der Waals surface area contributed by atoms with Crippen LogP contribution >= 0.6 is 0 Å². The van der Waals surface area contributed by atoms with E-state index in [-0.39, 0.29) is 40.9 Å². The molecule has 0 fully saturated rings. The molecule has 9 aromatic rings. The third-order valence-corrected chi connectivity index (χ3v) is 22.9. The second-order valence-electron chi connectivity index (χ2n) is 23.0. The number of non-ortho nitro benzene ring substituents is 1. The predicted octanol–water partition coefficient (Wildman–Crippen LogP) is 9.55. The summed E-state index contributed by atoms with van der Waals surface area (Å²) < 4.78 is 332. The van der Waals surface area contributed by atoms with Crippen LogP contribution in [0.4, 0.5) is 68.2 Å². The number of ether oxygens (including phenoxy) is 3. The molecule has 57 heteroatoms. The van der Waals surface area contributed by atoms with Crippen LogP contribution in [0.25, 0.3) is 32.3 Å². The molecule has 0 unspecified atom stereocenters. The summed E-state index contributed by atoms with van der Waals surface area (Å²) in [5.74, 6) is -6.95. The number of nitro benzene ring substituents is 1. The molecule has 9 aromatic carbocycles. The number of anilines is 1. The molecule has 608 valence electrons. The van der Waals surface area contributed by atoms with Crippen LogP contribution in [0.2, 0.25) is 0 Å². The lowest BCUT2D eigenvalue weighted by molar-refractivity contribution is -0.385. The van der Waals surface area contributed by atoms with Gasteiger partial charge in [-0.15, -0.1) is 46.0 Å². The zero-order chi connectivity index (χ0) is 84.7. The number of nitro groups is 1. The largest absolute Gasteiger partial charge is 0.507 e. The highest BCUT2D eigenvalue weighted by Crippen LogP contribution is 2.52. The van der Waals surface area contributed by atoms with Gasteiger partial charge in [0.15, 0.2) is 11.5 Å². The van der Waals surface area contributed by atoms with Crippen LogP contribution in [0.3, 0.4) is 0 Å². The number of hydrogen-bond donors (Lipinski definition) is 14. The predicted molar refractivity (Wildman–Crippen MR) is 387 cm³/mol. The number of phenols is 3. The van der Waals surface area contributed by atoms with Gasteiger partial charge in [-0.25, -0.2) is 0 Å². The first-order valence-corrected chi connectivity index (χ1v) is 43.5. The van der Waals surface area contributed by atoms with Gasteiger partial charge in [0.25, 0.3) is 96.8 Å². The quantitative estimate of drug-likeness (QED) is 0.00480. The van der Waals surface area contributed by atoms with E-state index in [2.05, 4.69) is 51.1 Å². The molecular formula is C57H50N12O36S9. The smallest absolute Gasteiger partial charge is 0.297 e. The molecular weight excluding hydrogens is 1720 g/mol. The number of phenolic OH excluding ortho intramolecular Hbond substituents is 3. The number of aliphatic hydroxyl groups excluding tert-OH is 1. The van der Waals surface area contributed by atoms with Gasteiger partial charge < -0.3 is 40.4 Å². The van der Waals surface area contributed by atoms with E-state index in [1.165, 1.54) is 6.92 Å². The van der Waals surface area contributed by atoms with E-state index in [0.29, 0.717) is 48.5 Å². The summed E-state index contributed by atoms with van der Waals surface area (Å²) in [6.07, 6.45) is -0.893. The highest BCUT2D eigenvalue weighted by molar-refractivity contribution is 7.88. The molecule has 0 aromatic heterocycles. The van der Waals surface area contributed by atoms with E-state index in [1.54, 1.807) is 0 Å². The van der Waals surface area contributed by atoms with Crippen molar-refractivity contribution < 1.29 is 156 Å². The van der Waals surface area contributed by atoms with Crippen LogP contribution in [0, 0.1) is 17.0 Å². The van der Waals surface area contributed by atoms with Crippen LogP contribution < -0.4 is 19.9 Å². The Kier molecular flexibility index (Phi) is 24.7. The van der Waals surface area contributed by atoms with Gasteiger partial charge in [-0.1, -0.05) is 0 Å². The van der Waals surface area contributed by atoms with Gasteiger partial charge >= 0.3 is 0 Å². The summed E-state index contributed by atoms with van der Waals surface area (Å²) in [4.78, 5) is 1.04. The van der Waals surface area contributed by atoms with E-state index in [0.717, 1.165) is 30.3 Å². The number of hydrogen-bond acceptors (Lipinski definition) is 38. The van der Waals surface area contributed by atoms with Crippen LogP contribution in [0.1, 0.15) is 18.4 Å². The van der Waals surface area contributed by atoms with Crippen molar-refractivity contribution in [2.45, 2.75) is 54.0 Å².